The fraction of sp³-hybridized carbons (Fsp3) is 0.632. The Bertz CT molecular complexity index is 627. The molecule has 0 spiro atoms. The highest BCUT2D eigenvalue weighted by molar-refractivity contribution is 6.42. The van der Waals surface area contributed by atoms with Crippen molar-refractivity contribution in [1.82, 2.24) is 5.32 Å². The van der Waals surface area contributed by atoms with Gasteiger partial charge in [0, 0.05) is 19.0 Å². The Labute approximate surface area is 159 Å². The first-order chi connectivity index (χ1) is 12.0. The summed E-state index contributed by atoms with van der Waals surface area (Å²) in [5.74, 6) is -0.132. The van der Waals surface area contributed by atoms with Crippen LogP contribution in [0.3, 0.4) is 0 Å². The van der Waals surface area contributed by atoms with Crippen LogP contribution >= 0.6 is 23.2 Å². The van der Waals surface area contributed by atoms with Gasteiger partial charge in [0.2, 0.25) is 0 Å². The zero-order valence-corrected chi connectivity index (χ0v) is 16.1. The lowest BCUT2D eigenvalue weighted by Crippen LogP contribution is -2.38. The lowest BCUT2D eigenvalue weighted by atomic mass is 9.87. The molecule has 1 N–H and O–H groups in total. The SMILES string of the molecule is CCCCOC(=O)CCCc1cc(Cl)c(Cl)cc1C12CNC(CO1)C2. The predicted molar refractivity (Wildman–Crippen MR) is 99.3 cm³/mol. The molecule has 2 bridgehead atoms. The molecule has 0 aliphatic carbocycles. The number of rotatable bonds is 8. The van der Waals surface area contributed by atoms with Gasteiger partial charge in [0.1, 0.15) is 5.60 Å². The summed E-state index contributed by atoms with van der Waals surface area (Å²) in [4.78, 5) is 11.8. The minimum absolute atomic E-state index is 0.132. The van der Waals surface area contributed by atoms with Crippen LogP contribution in [-0.2, 0) is 26.3 Å². The van der Waals surface area contributed by atoms with Gasteiger partial charge in [-0.3, -0.25) is 4.79 Å². The van der Waals surface area contributed by atoms with Crippen LogP contribution in [0.2, 0.25) is 10.0 Å². The van der Waals surface area contributed by atoms with Gasteiger partial charge in [-0.25, -0.2) is 0 Å². The number of carbonyl (C=O) groups excluding carboxylic acids is 1. The van der Waals surface area contributed by atoms with Gasteiger partial charge in [0.25, 0.3) is 0 Å². The van der Waals surface area contributed by atoms with Crippen molar-refractivity contribution in [1.29, 1.82) is 0 Å². The molecule has 0 radical (unpaired) electrons. The first-order valence-corrected chi connectivity index (χ1v) is 9.81. The summed E-state index contributed by atoms with van der Waals surface area (Å²) < 4.78 is 11.3. The van der Waals surface area contributed by atoms with Crippen molar-refractivity contribution < 1.29 is 14.3 Å². The molecule has 138 valence electrons. The van der Waals surface area contributed by atoms with Crippen molar-refractivity contribution in [2.45, 2.75) is 57.1 Å². The monoisotopic (exact) mass is 385 g/mol. The third kappa shape index (κ3) is 4.30. The second-order valence-electron chi connectivity index (χ2n) is 6.94. The van der Waals surface area contributed by atoms with Gasteiger partial charge in [-0.1, -0.05) is 36.5 Å². The average molecular weight is 386 g/mol. The van der Waals surface area contributed by atoms with Crippen LogP contribution in [0.25, 0.3) is 0 Å². The first-order valence-electron chi connectivity index (χ1n) is 9.05. The largest absolute Gasteiger partial charge is 0.466 e. The van der Waals surface area contributed by atoms with Crippen LogP contribution in [0.1, 0.15) is 50.2 Å². The van der Waals surface area contributed by atoms with Crippen LogP contribution in [0, 0.1) is 0 Å². The number of hydrogen-bond donors (Lipinski definition) is 1. The standard InChI is InChI=1S/C19H25Cl2NO3/c1-2-3-7-24-18(23)6-4-5-13-8-16(20)17(21)9-15(13)19-10-14(11-25-19)22-12-19/h8-9,14,22H,2-7,10-12H2,1H3. The van der Waals surface area contributed by atoms with Crippen molar-refractivity contribution >= 4 is 29.2 Å². The van der Waals surface area contributed by atoms with Crippen molar-refractivity contribution in [2.24, 2.45) is 0 Å². The smallest absolute Gasteiger partial charge is 0.305 e. The normalized spacial score (nSPS) is 24.7. The minimum Gasteiger partial charge on any atom is -0.466 e. The lowest BCUT2D eigenvalue weighted by molar-refractivity contribution is -0.143. The average Bonchev–Trinajstić information content (AvgIpc) is 3.20. The fourth-order valence-electron chi connectivity index (χ4n) is 3.67. The Morgan fingerprint density at radius 1 is 1.36 bits per heavy atom. The summed E-state index contributed by atoms with van der Waals surface area (Å²) in [5, 5.41) is 4.58. The highest BCUT2D eigenvalue weighted by atomic mass is 35.5. The molecule has 0 aromatic heterocycles. The van der Waals surface area contributed by atoms with E-state index in [9.17, 15) is 4.79 Å². The molecule has 3 rings (SSSR count). The van der Waals surface area contributed by atoms with Gasteiger partial charge in [0.05, 0.1) is 23.3 Å². The van der Waals surface area contributed by atoms with Crippen molar-refractivity contribution in [3.63, 3.8) is 0 Å². The van der Waals surface area contributed by atoms with Gasteiger partial charge < -0.3 is 14.8 Å². The molecule has 2 heterocycles. The van der Waals surface area contributed by atoms with E-state index in [0.717, 1.165) is 56.4 Å². The van der Waals surface area contributed by atoms with Gasteiger partial charge in [-0.2, -0.15) is 0 Å². The molecule has 25 heavy (non-hydrogen) atoms. The number of morpholine rings is 1. The van der Waals surface area contributed by atoms with Gasteiger partial charge >= 0.3 is 5.97 Å². The van der Waals surface area contributed by atoms with Crippen molar-refractivity contribution in [2.75, 3.05) is 19.8 Å². The summed E-state index contributed by atoms with van der Waals surface area (Å²) in [7, 11) is 0. The topological polar surface area (TPSA) is 47.6 Å². The zero-order chi connectivity index (χ0) is 17.9. The van der Waals surface area contributed by atoms with E-state index in [1.54, 1.807) is 0 Å². The second kappa shape index (κ2) is 8.26. The van der Waals surface area contributed by atoms with E-state index in [1.165, 1.54) is 0 Å². The summed E-state index contributed by atoms with van der Waals surface area (Å²) in [6.45, 7) is 4.11. The van der Waals surface area contributed by atoms with Crippen LogP contribution < -0.4 is 5.32 Å². The third-order valence-electron chi connectivity index (χ3n) is 5.04. The molecule has 1 aromatic rings. The van der Waals surface area contributed by atoms with E-state index in [4.69, 9.17) is 32.7 Å². The number of fused-ring (bicyclic) bond motifs is 2. The summed E-state index contributed by atoms with van der Waals surface area (Å²) in [5.41, 5.74) is 1.91. The molecule has 6 heteroatoms. The Morgan fingerprint density at radius 3 is 2.80 bits per heavy atom. The predicted octanol–water partition coefficient (Wildman–Crippen LogP) is 4.25. The van der Waals surface area contributed by atoms with Crippen LogP contribution in [-0.4, -0.2) is 31.8 Å². The molecule has 0 saturated carbocycles. The van der Waals surface area contributed by atoms with Gasteiger partial charge in [-0.05, 0) is 48.9 Å². The molecule has 2 fully saturated rings. The van der Waals surface area contributed by atoms with E-state index in [-0.39, 0.29) is 11.6 Å². The maximum atomic E-state index is 11.8. The van der Waals surface area contributed by atoms with Crippen LogP contribution in [0.4, 0.5) is 0 Å². The molecule has 2 unspecified atom stereocenters. The number of unbranched alkanes of at least 4 members (excludes halogenated alkanes) is 1. The number of esters is 1. The maximum absolute atomic E-state index is 11.8. The lowest BCUT2D eigenvalue weighted by Gasteiger charge is -2.30. The van der Waals surface area contributed by atoms with Gasteiger partial charge in [0.15, 0.2) is 0 Å². The number of benzene rings is 1. The van der Waals surface area contributed by atoms with Crippen molar-refractivity contribution in [3.05, 3.63) is 33.3 Å². The molecule has 0 amide bonds. The number of hydrogen-bond acceptors (Lipinski definition) is 4. The molecule has 2 atom stereocenters. The van der Waals surface area contributed by atoms with Gasteiger partial charge in [-0.15, -0.1) is 0 Å². The van der Waals surface area contributed by atoms with E-state index in [2.05, 4.69) is 12.2 Å². The van der Waals surface area contributed by atoms with E-state index >= 15 is 0 Å². The summed E-state index contributed by atoms with van der Waals surface area (Å²) in [6, 6.07) is 4.27. The molecule has 4 nitrogen and oxygen atoms in total. The Kier molecular flexibility index (Phi) is 6.26. The maximum Gasteiger partial charge on any atom is 0.305 e. The fourth-order valence-corrected chi connectivity index (χ4v) is 4.02. The zero-order valence-electron chi connectivity index (χ0n) is 14.6. The Morgan fingerprint density at radius 2 is 2.16 bits per heavy atom. The molecule has 2 saturated heterocycles. The number of carbonyl (C=O) groups is 1. The van der Waals surface area contributed by atoms with Crippen LogP contribution in [0.15, 0.2) is 12.1 Å². The van der Waals surface area contributed by atoms with Crippen LogP contribution in [0.5, 0.6) is 0 Å². The number of aryl methyl sites for hydroxylation is 1. The highest BCUT2D eigenvalue weighted by Crippen LogP contribution is 2.44. The second-order valence-corrected chi connectivity index (χ2v) is 7.75. The molecule has 2 aliphatic rings. The quantitative estimate of drug-likeness (QED) is 0.536. The first kappa shape index (κ1) is 19.0. The molecular weight excluding hydrogens is 361 g/mol. The summed E-state index contributed by atoms with van der Waals surface area (Å²) >= 11 is 12.5. The Hall–Kier alpha value is -0.810. The highest BCUT2D eigenvalue weighted by Gasteiger charge is 2.48. The Balaban J connectivity index is 1.66. The molecule has 1 aromatic carbocycles. The van der Waals surface area contributed by atoms with E-state index in [0.29, 0.717) is 29.1 Å². The molecule has 2 aliphatic heterocycles. The summed E-state index contributed by atoms with van der Waals surface area (Å²) in [6.07, 6.45) is 4.79. The number of halogens is 2. The van der Waals surface area contributed by atoms with E-state index < -0.39 is 0 Å². The molecular formula is C19H25Cl2NO3. The van der Waals surface area contributed by atoms with Crippen molar-refractivity contribution in [3.8, 4) is 0 Å². The minimum atomic E-state index is -0.310. The number of nitrogens with one attached hydrogen (secondary N) is 1. The van der Waals surface area contributed by atoms with E-state index in [1.807, 2.05) is 12.1 Å². The third-order valence-corrected chi connectivity index (χ3v) is 5.76. The number of ether oxygens (including phenoxy) is 2.